The number of carbonyl (C=O) groups excluding carboxylic acids is 1. The summed E-state index contributed by atoms with van der Waals surface area (Å²) >= 11 is 0. The maximum atomic E-state index is 11.9. The van der Waals surface area contributed by atoms with Gasteiger partial charge in [-0.3, -0.25) is 14.4 Å². The molecule has 6 nitrogen and oxygen atoms in total. The molecule has 1 fully saturated rings. The molecule has 0 aromatic carbocycles. The van der Waals surface area contributed by atoms with Crippen LogP contribution < -0.4 is 10.6 Å². The Hall–Kier alpha value is -1.40. The lowest BCUT2D eigenvalue weighted by Gasteiger charge is -2.33. The number of aromatic nitrogens is 2. The van der Waals surface area contributed by atoms with E-state index >= 15 is 0 Å². The smallest absolute Gasteiger partial charge is 0.241 e. The van der Waals surface area contributed by atoms with Crippen molar-refractivity contribution in [1.82, 2.24) is 14.7 Å². The molecule has 2 rings (SSSR count). The highest BCUT2D eigenvalue weighted by molar-refractivity contribution is 5.95. The molecule has 1 aliphatic rings. The highest BCUT2D eigenvalue weighted by Crippen LogP contribution is 2.15. The van der Waals surface area contributed by atoms with E-state index in [0.29, 0.717) is 19.6 Å². The molecule has 0 unspecified atom stereocenters. The van der Waals surface area contributed by atoms with Gasteiger partial charge in [0.25, 0.3) is 0 Å². The zero-order valence-electron chi connectivity index (χ0n) is 9.46. The van der Waals surface area contributed by atoms with Crippen molar-refractivity contribution in [3.05, 3.63) is 12.4 Å². The normalized spacial score (nSPS) is 18.1. The van der Waals surface area contributed by atoms with E-state index < -0.39 is 0 Å². The molecule has 88 valence electrons. The van der Waals surface area contributed by atoms with Gasteiger partial charge in [-0.05, 0) is 0 Å². The standard InChI is InChI=1S/C10H17N5O/c1-13-7-9(6-12-13)15-5-4-14(3-2-11)8-10(15)16/h6-7H,2-5,8,11H2,1H3. The number of rotatable bonds is 3. The quantitative estimate of drug-likeness (QED) is 0.716. The minimum Gasteiger partial charge on any atom is -0.329 e. The van der Waals surface area contributed by atoms with Crippen molar-refractivity contribution in [1.29, 1.82) is 0 Å². The van der Waals surface area contributed by atoms with Crippen molar-refractivity contribution in [3.63, 3.8) is 0 Å². The van der Waals surface area contributed by atoms with Crippen LogP contribution in [0.3, 0.4) is 0 Å². The van der Waals surface area contributed by atoms with Gasteiger partial charge < -0.3 is 10.6 Å². The molecule has 1 aliphatic heterocycles. The Morgan fingerprint density at radius 3 is 2.88 bits per heavy atom. The molecule has 1 saturated heterocycles. The van der Waals surface area contributed by atoms with Gasteiger partial charge in [0.15, 0.2) is 0 Å². The van der Waals surface area contributed by atoms with Gasteiger partial charge in [0, 0.05) is 39.4 Å². The molecule has 1 aromatic rings. The van der Waals surface area contributed by atoms with E-state index in [2.05, 4.69) is 10.00 Å². The lowest BCUT2D eigenvalue weighted by atomic mass is 10.3. The van der Waals surface area contributed by atoms with Crippen LogP contribution in [-0.2, 0) is 11.8 Å². The Morgan fingerprint density at radius 1 is 1.50 bits per heavy atom. The minimum absolute atomic E-state index is 0.118. The molecule has 0 saturated carbocycles. The maximum absolute atomic E-state index is 11.9. The summed E-state index contributed by atoms with van der Waals surface area (Å²) in [5, 5.41) is 4.07. The first-order valence-corrected chi connectivity index (χ1v) is 5.42. The zero-order chi connectivity index (χ0) is 11.5. The third-order valence-corrected chi connectivity index (χ3v) is 2.75. The second-order valence-corrected chi connectivity index (χ2v) is 3.98. The van der Waals surface area contributed by atoms with Crippen LogP contribution in [0.5, 0.6) is 0 Å². The van der Waals surface area contributed by atoms with Gasteiger partial charge in [0.2, 0.25) is 5.91 Å². The molecule has 1 amide bonds. The number of hydrogen-bond acceptors (Lipinski definition) is 4. The third-order valence-electron chi connectivity index (χ3n) is 2.75. The summed E-state index contributed by atoms with van der Waals surface area (Å²) in [4.78, 5) is 15.8. The van der Waals surface area contributed by atoms with Gasteiger partial charge in [-0.15, -0.1) is 0 Å². The summed E-state index contributed by atoms with van der Waals surface area (Å²) in [6.45, 7) is 3.42. The highest BCUT2D eigenvalue weighted by Gasteiger charge is 2.25. The van der Waals surface area contributed by atoms with Gasteiger partial charge in [-0.25, -0.2) is 0 Å². The summed E-state index contributed by atoms with van der Waals surface area (Å²) in [5.74, 6) is 0.118. The Kier molecular flexibility index (Phi) is 3.21. The maximum Gasteiger partial charge on any atom is 0.241 e. The van der Waals surface area contributed by atoms with Crippen LogP contribution in [-0.4, -0.2) is 53.3 Å². The fourth-order valence-corrected chi connectivity index (χ4v) is 1.92. The Bertz CT molecular complexity index is 375. The number of amides is 1. The fourth-order valence-electron chi connectivity index (χ4n) is 1.92. The fraction of sp³-hybridized carbons (Fsp3) is 0.600. The van der Waals surface area contributed by atoms with Crippen molar-refractivity contribution in [3.8, 4) is 0 Å². The Labute approximate surface area is 94.6 Å². The van der Waals surface area contributed by atoms with E-state index in [1.165, 1.54) is 0 Å². The van der Waals surface area contributed by atoms with Crippen LogP contribution in [0.15, 0.2) is 12.4 Å². The van der Waals surface area contributed by atoms with Crippen molar-refractivity contribution < 1.29 is 4.79 Å². The van der Waals surface area contributed by atoms with Gasteiger partial charge in [-0.2, -0.15) is 5.10 Å². The number of piperazine rings is 1. The van der Waals surface area contributed by atoms with Crippen LogP contribution in [0.25, 0.3) is 0 Å². The number of anilines is 1. The largest absolute Gasteiger partial charge is 0.329 e. The van der Waals surface area contributed by atoms with E-state index in [9.17, 15) is 4.79 Å². The summed E-state index contributed by atoms with van der Waals surface area (Å²) in [6, 6.07) is 0. The Morgan fingerprint density at radius 2 is 2.31 bits per heavy atom. The van der Waals surface area contributed by atoms with Crippen LogP contribution in [0.4, 0.5) is 5.69 Å². The first-order chi connectivity index (χ1) is 7.70. The molecule has 2 heterocycles. The van der Waals surface area contributed by atoms with Crippen molar-refractivity contribution in [2.75, 3.05) is 37.6 Å². The van der Waals surface area contributed by atoms with Gasteiger partial charge in [-0.1, -0.05) is 0 Å². The highest BCUT2D eigenvalue weighted by atomic mass is 16.2. The molecular formula is C10H17N5O. The van der Waals surface area contributed by atoms with Gasteiger partial charge >= 0.3 is 0 Å². The average molecular weight is 223 g/mol. The van der Waals surface area contributed by atoms with Crippen molar-refractivity contribution in [2.24, 2.45) is 12.8 Å². The van der Waals surface area contributed by atoms with Gasteiger partial charge in [0.1, 0.15) is 0 Å². The molecule has 0 radical (unpaired) electrons. The number of carbonyl (C=O) groups is 1. The molecule has 0 spiro atoms. The second kappa shape index (κ2) is 4.63. The number of aryl methyl sites for hydroxylation is 1. The van der Waals surface area contributed by atoms with E-state index in [4.69, 9.17) is 5.73 Å². The minimum atomic E-state index is 0.118. The second-order valence-electron chi connectivity index (χ2n) is 3.98. The SMILES string of the molecule is Cn1cc(N2CCN(CCN)CC2=O)cn1. The van der Waals surface area contributed by atoms with Crippen LogP contribution in [0, 0.1) is 0 Å². The van der Waals surface area contributed by atoms with E-state index in [-0.39, 0.29) is 5.91 Å². The van der Waals surface area contributed by atoms with Crippen LogP contribution >= 0.6 is 0 Å². The predicted molar refractivity (Wildman–Crippen MR) is 61.1 cm³/mol. The lowest BCUT2D eigenvalue weighted by molar-refractivity contribution is -0.121. The first-order valence-electron chi connectivity index (χ1n) is 5.42. The van der Waals surface area contributed by atoms with E-state index in [1.54, 1.807) is 15.8 Å². The van der Waals surface area contributed by atoms with Crippen LogP contribution in [0.2, 0.25) is 0 Å². The molecule has 0 bridgehead atoms. The van der Waals surface area contributed by atoms with Crippen LogP contribution in [0.1, 0.15) is 0 Å². The third kappa shape index (κ3) is 2.23. The number of nitrogens with two attached hydrogens (primary N) is 1. The molecule has 6 heteroatoms. The monoisotopic (exact) mass is 223 g/mol. The Balaban J connectivity index is 2.02. The predicted octanol–water partition coefficient (Wildman–Crippen LogP) is -0.973. The lowest BCUT2D eigenvalue weighted by Crippen LogP contribution is -2.51. The molecular weight excluding hydrogens is 206 g/mol. The summed E-state index contributed by atoms with van der Waals surface area (Å²) in [7, 11) is 1.85. The molecule has 0 atom stereocenters. The molecule has 0 aliphatic carbocycles. The average Bonchev–Trinajstić information content (AvgIpc) is 2.65. The summed E-state index contributed by atoms with van der Waals surface area (Å²) < 4.78 is 1.70. The topological polar surface area (TPSA) is 67.4 Å². The molecule has 16 heavy (non-hydrogen) atoms. The van der Waals surface area contributed by atoms with E-state index in [1.807, 2.05) is 13.2 Å². The zero-order valence-corrected chi connectivity index (χ0v) is 9.46. The number of hydrogen-bond donors (Lipinski definition) is 1. The summed E-state index contributed by atoms with van der Waals surface area (Å²) in [5.41, 5.74) is 6.35. The van der Waals surface area contributed by atoms with Crippen molar-refractivity contribution in [2.45, 2.75) is 0 Å². The van der Waals surface area contributed by atoms with Gasteiger partial charge in [0.05, 0.1) is 18.4 Å². The first kappa shape index (κ1) is 11.1. The molecule has 2 N–H and O–H groups in total. The van der Waals surface area contributed by atoms with Crippen molar-refractivity contribution >= 4 is 11.6 Å². The summed E-state index contributed by atoms with van der Waals surface area (Å²) in [6.07, 6.45) is 3.58. The molecule has 1 aromatic heterocycles. The van der Waals surface area contributed by atoms with E-state index in [0.717, 1.165) is 18.8 Å². The number of nitrogens with zero attached hydrogens (tertiary/aromatic N) is 4.